The van der Waals surface area contributed by atoms with Gasteiger partial charge in [-0.2, -0.15) is 0 Å². The summed E-state index contributed by atoms with van der Waals surface area (Å²) >= 11 is 0. The normalized spacial score (nSPS) is 19.8. The molecule has 1 N–H and O–H groups in total. The molecule has 2 fully saturated rings. The minimum atomic E-state index is -0.0192. The predicted molar refractivity (Wildman–Crippen MR) is 113 cm³/mol. The van der Waals surface area contributed by atoms with Crippen LogP contribution in [0.15, 0.2) is 36.4 Å². The molecule has 0 bridgehead atoms. The molecule has 154 valence electrons. The van der Waals surface area contributed by atoms with E-state index in [1.807, 2.05) is 24.3 Å². The Morgan fingerprint density at radius 1 is 1.10 bits per heavy atom. The van der Waals surface area contributed by atoms with E-state index in [1.165, 1.54) is 5.56 Å². The molecule has 0 aliphatic carbocycles. The van der Waals surface area contributed by atoms with Gasteiger partial charge in [-0.15, -0.1) is 10.2 Å². The number of aromatic nitrogens is 2. The van der Waals surface area contributed by atoms with Crippen LogP contribution < -0.4 is 15.1 Å². The van der Waals surface area contributed by atoms with E-state index < -0.39 is 0 Å². The Morgan fingerprint density at radius 2 is 1.86 bits per heavy atom. The Labute approximate surface area is 172 Å². The number of rotatable bonds is 5. The van der Waals surface area contributed by atoms with Crippen LogP contribution in [0.4, 0.5) is 11.6 Å². The van der Waals surface area contributed by atoms with Gasteiger partial charge in [0.15, 0.2) is 11.6 Å². The first-order valence-electron chi connectivity index (χ1n) is 10.4. The van der Waals surface area contributed by atoms with E-state index in [0.29, 0.717) is 13.1 Å². The minimum Gasteiger partial charge on any atom is -0.378 e. The van der Waals surface area contributed by atoms with Gasteiger partial charge in [-0.25, -0.2) is 0 Å². The molecule has 7 heteroatoms. The van der Waals surface area contributed by atoms with Gasteiger partial charge in [-0.05, 0) is 37.5 Å². The Balaban J connectivity index is 1.33. The first kappa shape index (κ1) is 19.6. The van der Waals surface area contributed by atoms with Crippen LogP contribution in [0.3, 0.4) is 0 Å². The summed E-state index contributed by atoms with van der Waals surface area (Å²) < 4.78 is 5.39. The summed E-state index contributed by atoms with van der Waals surface area (Å²) in [5.74, 6) is 1.84. The molecule has 1 aromatic heterocycles. The van der Waals surface area contributed by atoms with Crippen molar-refractivity contribution in [3.05, 3.63) is 47.5 Å². The number of nitrogens with zero attached hydrogens (tertiary/aromatic N) is 4. The van der Waals surface area contributed by atoms with Crippen molar-refractivity contribution in [3.63, 3.8) is 0 Å². The molecule has 0 saturated carbocycles. The third kappa shape index (κ3) is 5.03. The first-order valence-corrected chi connectivity index (χ1v) is 10.4. The maximum absolute atomic E-state index is 12.7. The summed E-state index contributed by atoms with van der Waals surface area (Å²) in [6, 6.07) is 12.3. The Hall–Kier alpha value is -2.67. The lowest BCUT2D eigenvalue weighted by Gasteiger charge is -2.33. The largest absolute Gasteiger partial charge is 0.378 e. The molecule has 2 saturated heterocycles. The van der Waals surface area contributed by atoms with Crippen molar-refractivity contribution in [2.45, 2.75) is 26.3 Å². The van der Waals surface area contributed by atoms with E-state index >= 15 is 0 Å². The van der Waals surface area contributed by atoms with Crippen molar-refractivity contribution >= 4 is 17.5 Å². The molecule has 1 amide bonds. The van der Waals surface area contributed by atoms with E-state index in [9.17, 15) is 4.79 Å². The average Bonchev–Trinajstić information content (AvgIpc) is 2.78. The highest BCUT2D eigenvalue weighted by Crippen LogP contribution is 2.23. The molecule has 2 aromatic rings. The second-order valence-electron chi connectivity index (χ2n) is 7.84. The van der Waals surface area contributed by atoms with Crippen LogP contribution in [0.25, 0.3) is 0 Å². The van der Waals surface area contributed by atoms with Crippen LogP contribution in [-0.2, 0) is 16.1 Å². The molecule has 4 rings (SSSR count). The fraction of sp³-hybridized carbons (Fsp3) is 0.500. The first-order chi connectivity index (χ1) is 14.2. The highest BCUT2D eigenvalue weighted by Gasteiger charge is 2.26. The maximum Gasteiger partial charge on any atom is 0.225 e. The number of benzene rings is 1. The second kappa shape index (κ2) is 9.22. The number of piperidine rings is 1. The van der Waals surface area contributed by atoms with Crippen molar-refractivity contribution in [3.8, 4) is 0 Å². The van der Waals surface area contributed by atoms with E-state index in [0.717, 1.165) is 62.9 Å². The number of aryl methyl sites for hydroxylation is 1. The summed E-state index contributed by atoms with van der Waals surface area (Å²) in [5.41, 5.74) is 2.34. The Kier molecular flexibility index (Phi) is 6.24. The van der Waals surface area contributed by atoms with Crippen molar-refractivity contribution in [2.75, 3.05) is 49.2 Å². The zero-order valence-corrected chi connectivity index (χ0v) is 17.0. The number of amides is 1. The average molecular weight is 396 g/mol. The van der Waals surface area contributed by atoms with Gasteiger partial charge in [0, 0.05) is 32.7 Å². The van der Waals surface area contributed by atoms with Gasteiger partial charge < -0.3 is 19.9 Å². The number of ether oxygens (including phenoxy) is 1. The summed E-state index contributed by atoms with van der Waals surface area (Å²) in [7, 11) is 0. The summed E-state index contributed by atoms with van der Waals surface area (Å²) in [6.45, 7) is 7.39. The SMILES string of the molecule is Cc1cccc(CNC(=O)[C@H]2CCCN(c3ccc(N4CCOCC4)nn3)C2)c1. The fourth-order valence-corrected chi connectivity index (χ4v) is 4.00. The lowest BCUT2D eigenvalue weighted by Crippen LogP contribution is -2.43. The summed E-state index contributed by atoms with van der Waals surface area (Å²) in [5, 5.41) is 11.9. The third-order valence-electron chi connectivity index (χ3n) is 5.64. The van der Waals surface area contributed by atoms with Crippen molar-refractivity contribution in [2.24, 2.45) is 5.92 Å². The molecule has 0 unspecified atom stereocenters. The number of hydrogen-bond acceptors (Lipinski definition) is 6. The van der Waals surface area contributed by atoms with Crippen molar-refractivity contribution in [1.29, 1.82) is 0 Å². The van der Waals surface area contributed by atoms with Crippen LogP contribution in [0, 0.1) is 12.8 Å². The molecule has 7 nitrogen and oxygen atoms in total. The number of nitrogens with one attached hydrogen (secondary N) is 1. The predicted octanol–water partition coefficient (Wildman–Crippen LogP) is 2.15. The number of hydrogen-bond donors (Lipinski definition) is 1. The van der Waals surface area contributed by atoms with Gasteiger partial charge in [-0.3, -0.25) is 4.79 Å². The second-order valence-corrected chi connectivity index (χ2v) is 7.84. The number of carbonyl (C=O) groups excluding carboxylic acids is 1. The van der Waals surface area contributed by atoms with Crippen molar-refractivity contribution < 1.29 is 9.53 Å². The van der Waals surface area contributed by atoms with Crippen LogP contribution in [0.1, 0.15) is 24.0 Å². The summed E-state index contributed by atoms with van der Waals surface area (Å²) in [4.78, 5) is 17.1. The van der Waals surface area contributed by atoms with Gasteiger partial charge in [0.25, 0.3) is 0 Å². The summed E-state index contributed by atoms with van der Waals surface area (Å²) in [6.07, 6.45) is 1.89. The van der Waals surface area contributed by atoms with Gasteiger partial charge in [-0.1, -0.05) is 29.8 Å². The van der Waals surface area contributed by atoms with Crippen molar-refractivity contribution in [1.82, 2.24) is 15.5 Å². The lowest BCUT2D eigenvalue weighted by molar-refractivity contribution is -0.125. The molecule has 1 atom stereocenters. The zero-order valence-electron chi connectivity index (χ0n) is 17.0. The molecule has 0 radical (unpaired) electrons. The zero-order chi connectivity index (χ0) is 20.1. The van der Waals surface area contributed by atoms with E-state index in [2.05, 4.69) is 44.4 Å². The third-order valence-corrected chi connectivity index (χ3v) is 5.64. The quantitative estimate of drug-likeness (QED) is 0.837. The van der Waals surface area contributed by atoms with Gasteiger partial charge in [0.1, 0.15) is 0 Å². The number of morpholine rings is 1. The topological polar surface area (TPSA) is 70.6 Å². The molecule has 0 spiro atoms. The minimum absolute atomic E-state index is 0.0192. The van der Waals surface area contributed by atoms with Gasteiger partial charge in [0.05, 0.1) is 19.1 Å². The van der Waals surface area contributed by atoms with Gasteiger partial charge in [0.2, 0.25) is 5.91 Å². The lowest BCUT2D eigenvalue weighted by atomic mass is 9.97. The monoisotopic (exact) mass is 395 g/mol. The van der Waals surface area contributed by atoms with E-state index in [-0.39, 0.29) is 11.8 Å². The molecule has 1 aromatic carbocycles. The molecule has 3 heterocycles. The highest BCUT2D eigenvalue weighted by atomic mass is 16.5. The van der Waals surface area contributed by atoms with E-state index in [1.54, 1.807) is 0 Å². The molecular weight excluding hydrogens is 366 g/mol. The highest BCUT2D eigenvalue weighted by molar-refractivity contribution is 5.79. The van der Waals surface area contributed by atoms with Crippen LogP contribution in [0.2, 0.25) is 0 Å². The molecular formula is C22H29N5O2. The maximum atomic E-state index is 12.7. The molecule has 2 aliphatic heterocycles. The number of anilines is 2. The molecule has 2 aliphatic rings. The van der Waals surface area contributed by atoms with E-state index in [4.69, 9.17) is 4.74 Å². The Morgan fingerprint density at radius 3 is 2.59 bits per heavy atom. The smallest absolute Gasteiger partial charge is 0.225 e. The number of carbonyl (C=O) groups is 1. The fourth-order valence-electron chi connectivity index (χ4n) is 4.00. The van der Waals surface area contributed by atoms with Crippen LogP contribution in [0.5, 0.6) is 0 Å². The van der Waals surface area contributed by atoms with Crippen LogP contribution in [-0.4, -0.2) is 55.5 Å². The Bertz CT molecular complexity index is 820. The van der Waals surface area contributed by atoms with Crippen LogP contribution >= 0.6 is 0 Å². The standard InChI is InChI=1S/C22H29N5O2/c1-17-4-2-5-18(14-17)15-23-22(28)19-6-3-9-27(16-19)21-8-7-20(24-25-21)26-10-12-29-13-11-26/h2,4-5,7-8,14,19H,3,6,9-13,15-16H2,1H3,(H,23,28)/t19-/m0/s1. The molecule has 29 heavy (non-hydrogen) atoms. The van der Waals surface area contributed by atoms with Gasteiger partial charge >= 0.3 is 0 Å².